The van der Waals surface area contributed by atoms with Gasteiger partial charge in [0, 0.05) is 19.8 Å². The van der Waals surface area contributed by atoms with Crippen molar-refractivity contribution in [3.63, 3.8) is 0 Å². The zero-order chi connectivity index (χ0) is 16.0. The van der Waals surface area contributed by atoms with Gasteiger partial charge in [0.05, 0.1) is 5.41 Å². The van der Waals surface area contributed by atoms with Gasteiger partial charge in [-0.1, -0.05) is 13.8 Å². The Morgan fingerprint density at radius 3 is 2.29 bits per heavy atom. The molecule has 21 heavy (non-hydrogen) atoms. The second-order valence-electron chi connectivity index (χ2n) is 5.65. The highest BCUT2D eigenvalue weighted by molar-refractivity contribution is 5.87. The molecule has 0 saturated carbocycles. The molecule has 1 saturated heterocycles. The summed E-state index contributed by atoms with van der Waals surface area (Å²) in [4.78, 5) is 34.5. The van der Waals surface area contributed by atoms with Crippen LogP contribution in [-0.4, -0.2) is 48.8 Å². The predicted molar refractivity (Wildman–Crippen MR) is 74.5 cm³/mol. The Balaban J connectivity index is 2.67. The number of carboxylic acids is 1. The number of nitrogens with one attached hydrogen (secondary N) is 2. The van der Waals surface area contributed by atoms with Crippen LogP contribution in [0.1, 0.15) is 26.7 Å². The molecule has 1 heterocycles. The first-order chi connectivity index (χ1) is 9.78. The second kappa shape index (κ2) is 7.26. The third-order valence-electron chi connectivity index (χ3n) is 3.75. The summed E-state index contributed by atoms with van der Waals surface area (Å²) in [5.41, 5.74) is 4.03. The molecule has 1 unspecified atom stereocenters. The number of rotatable bonds is 6. The minimum atomic E-state index is -1.01. The molecule has 0 radical (unpaired) electrons. The van der Waals surface area contributed by atoms with Gasteiger partial charge in [-0.25, -0.2) is 4.79 Å². The Hall–Kier alpha value is -1.83. The van der Waals surface area contributed by atoms with Crippen LogP contribution in [0.5, 0.6) is 0 Å². The smallest absolute Gasteiger partial charge is 0.312 e. The maximum Gasteiger partial charge on any atom is 0.312 e. The number of carboxylic acid groups (broad SMARTS) is 1. The summed E-state index contributed by atoms with van der Waals surface area (Å²) in [5.74, 6) is -1.54. The van der Waals surface area contributed by atoms with Crippen LogP contribution in [-0.2, 0) is 14.3 Å². The lowest BCUT2D eigenvalue weighted by molar-refractivity contribution is -0.154. The highest BCUT2D eigenvalue weighted by Gasteiger charge is 2.41. The Bertz CT molecular complexity index is 405. The van der Waals surface area contributed by atoms with Crippen molar-refractivity contribution in [1.29, 1.82) is 0 Å². The molecule has 5 N–H and O–H groups in total. The van der Waals surface area contributed by atoms with E-state index < -0.39 is 29.4 Å². The van der Waals surface area contributed by atoms with Gasteiger partial charge in [-0.3, -0.25) is 9.59 Å². The average Bonchev–Trinajstić information content (AvgIpc) is 2.42. The molecule has 0 aliphatic carbocycles. The number of carbonyl (C=O) groups excluding carboxylic acids is 2. The highest BCUT2D eigenvalue weighted by atomic mass is 16.5. The number of hydrogen-bond donors (Lipinski definition) is 4. The molecule has 1 fully saturated rings. The summed E-state index contributed by atoms with van der Waals surface area (Å²) in [6.45, 7) is 4.25. The minimum Gasteiger partial charge on any atom is -0.481 e. The van der Waals surface area contributed by atoms with E-state index in [2.05, 4.69) is 10.6 Å². The fourth-order valence-corrected chi connectivity index (χ4v) is 2.28. The van der Waals surface area contributed by atoms with Gasteiger partial charge in [0.15, 0.2) is 0 Å². The Labute approximate surface area is 123 Å². The Morgan fingerprint density at radius 1 is 1.29 bits per heavy atom. The maximum atomic E-state index is 12.1. The van der Waals surface area contributed by atoms with Crippen molar-refractivity contribution in [2.24, 2.45) is 17.1 Å². The molecular weight excluding hydrogens is 278 g/mol. The standard InChI is InChI=1S/C13H23N3O5/c1-8(2)9(16-12(14)20)10(17)15-7-13(11(18)19)3-5-21-6-4-13/h8-9H,3-7H2,1-2H3,(H,15,17)(H,18,19)(H3,14,16,20). The van der Waals surface area contributed by atoms with Crippen molar-refractivity contribution < 1.29 is 24.2 Å². The summed E-state index contributed by atoms with van der Waals surface area (Å²) < 4.78 is 5.17. The van der Waals surface area contributed by atoms with Gasteiger partial charge in [0.2, 0.25) is 5.91 Å². The lowest BCUT2D eigenvalue weighted by atomic mass is 9.80. The van der Waals surface area contributed by atoms with Crippen molar-refractivity contribution in [2.45, 2.75) is 32.7 Å². The van der Waals surface area contributed by atoms with E-state index in [1.165, 1.54) is 0 Å². The van der Waals surface area contributed by atoms with E-state index in [0.717, 1.165) is 0 Å². The van der Waals surface area contributed by atoms with Gasteiger partial charge in [-0.2, -0.15) is 0 Å². The topological polar surface area (TPSA) is 131 Å². The molecule has 1 aliphatic heterocycles. The molecular formula is C13H23N3O5. The first-order valence-electron chi connectivity index (χ1n) is 6.93. The average molecular weight is 301 g/mol. The van der Waals surface area contributed by atoms with Crippen LogP contribution in [0.2, 0.25) is 0 Å². The van der Waals surface area contributed by atoms with E-state index in [0.29, 0.717) is 26.1 Å². The number of urea groups is 1. The van der Waals surface area contributed by atoms with Crippen LogP contribution in [0.25, 0.3) is 0 Å². The van der Waals surface area contributed by atoms with E-state index in [1.54, 1.807) is 13.8 Å². The summed E-state index contributed by atoms with van der Waals surface area (Å²) >= 11 is 0. The fraction of sp³-hybridized carbons (Fsp3) is 0.769. The van der Waals surface area contributed by atoms with Crippen LogP contribution < -0.4 is 16.4 Å². The van der Waals surface area contributed by atoms with E-state index in [9.17, 15) is 19.5 Å². The fourth-order valence-electron chi connectivity index (χ4n) is 2.28. The molecule has 0 aromatic heterocycles. The number of amides is 3. The van der Waals surface area contributed by atoms with E-state index in [-0.39, 0.29) is 12.5 Å². The largest absolute Gasteiger partial charge is 0.481 e. The molecule has 1 rings (SSSR count). The van der Waals surface area contributed by atoms with Gasteiger partial charge in [-0.05, 0) is 18.8 Å². The lowest BCUT2D eigenvalue weighted by Gasteiger charge is -2.33. The molecule has 8 nitrogen and oxygen atoms in total. The molecule has 0 aromatic carbocycles. The number of nitrogens with two attached hydrogens (primary N) is 1. The van der Waals surface area contributed by atoms with E-state index in [4.69, 9.17) is 10.5 Å². The molecule has 0 spiro atoms. The highest BCUT2D eigenvalue weighted by Crippen LogP contribution is 2.30. The summed E-state index contributed by atoms with van der Waals surface area (Å²) in [6.07, 6.45) is 0.691. The van der Waals surface area contributed by atoms with Crippen LogP contribution >= 0.6 is 0 Å². The molecule has 120 valence electrons. The van der Waals surface area contributed by atoms with Crippen LogP contribution in [0, 0.1) is 11.3 Å². The SMILES string of the molecule is CC(C)C(NC(N)=O)C(=O)NCC1(C(=O)O)CCOCC1. The van der Waals surface area contributed by atoms with Crippen molar-refractivity contribution in [3.8, 4) is 0 Å². The van der Waals surface area contributed by atoms with Gasteiger partial charge >= 0.3 is 12.0 Å². The first kappa shape index (κ1) is 17.2. The molecule has 8 heteroatoms. The summed E-state index contributed by atoms with van der Waals surface area (Å²) in [7, 11) is 0. The van der Waals surface area contributed by atoms with Crippen LogP contribution in [0.15, 0.2) is 0 Å². The summed E-state index contributed by atoms with van der Waals surface area (Å²) in [5, 5.41) is 14.4. The Morgan fingerprint density at radius 2 is 1.86 bits per heavy atom. The van der Waals surface area contributed by atoms with Gasteiger partial charge < -0.3 is 26.2 Å². The third-order valence-corrected chi connectivity index (χ3v) is 3.75. The number of carbonyl (C=O) groups is 3. The van der Waals surface area contributed by atoms with E-state index >= 15 is 0 Å². The first-order valence-corrected chi connectivity index (χ1v) is 6.93. The van der Waals surface area contributed by atoms with Crippen LogP contribution in [0.3, 0.4) is 0 Å². The van der Waals surface area contributed by atoms with Crippen molar-refractivity contribution >= 4 is 17.9 Å². The van der Waals surface area contributed by atoms with E-state index in [1.807, 2.05) is 0 Å². The van der Waals surface area contributed by atoms with Gasteiger partial charge in [-0.15, -0.1) is 0 Å². The predicted octanol–water partition coefficient (Wildman–Crippen LogP) is -0.323. The number of hydrogen-bond acceptors (Lipinski definition) is 4. The molecule has 0 aromatic rings. The van der Waals surface area contributed by atoms with Crippen molar-refractivity contribution in [1.82, 2.24) is 10.6 Å². The lowest BCUT2D eigenvalue weighted by Crippen LogP contribution is -2.54. The van der Waals surface area contributed by atoms with Crippen molar-refractivity contribution in [3.05, 3.63) is 0 Å². The molecule has 1 atom stereocenters. The van der Waals surface area contributed by atoms with Gasteiger partial charge in [0.1, 0.15) is 6.04 Å². The normalized spacial score (nSPS) is 18.8. The zero-order valence-corrected chi connectivity index (χ0v) is 12.3. The zero-order valence-electron chi connectivity index (χ0n) is 12.3. The number of aliphatic carboxylic acids is 1. The number of ether oxygens (including phenoxy) is 1. The van der Waals surface area contributed by atoms with Crippen molar-refractivity contribution in [2.75, 3.05) is 19.8 Å². The minimum absolute atomic E-state index is 0.00812. The third kappa shape index (κ3) is 4.59. The monoisotopic (exact) mass is 301 g/mol. The second-order valence-corrected chi connectivity index (χ2v) is 5.65. The molecule has 1 aliphatic rings. The number of primary amides is 1. The Kier molecular flexibility index (Phi) is 5.95. The van der Waals surface area contributed by atoms with Gasteiger partial charge in [0.25, 0.3) is 0 Å². The molecule has 0 bridgehead atoms. The maximum absolute atomic E-state index is 12.1. The quantitative estimate of drug-likeness (QED) is 0.534. The van der Waals surface area contributed by atoms with Crippen LogP contribution in [0.4, 0.5) is 4.79 Å². The summed E-state index contributed by atoms with van der Waals surface area (Å²) in [6, 6.07) is -1.57. The molecule has 3 amide bonds.